The standard InChI is InChI=1S/C16H22N2O2/c1-4-5-6-13-7-9-14(10-8-13)18-12(3)15(19)17-11(2)16(18)20/h7-12H,4-6H2,1-3H3,(H,17,19). The van der Waals surface area contributed by atoms with Crippen molar-refractivity contribution in [2.24, 2.45) is 0 Å². The van der Waals surface area contributed by atoms with Gasteiger partial charge in [0.15, 0.2) is 0 Å². The summed E-state index contributed by atoms with van der Waals surface area (Å²) in [5.74, 6) is -0.162. The summed E-state index contributed by atoms with van der Waals surface area (Å²) in [4.78, 5) is 25.7. The number of amides is 2. The molecule has 1 aromatic rings. The Morgan fingerprint density at radius 2 is 1.80 bits per heavy atom. The molecule has 2 atom stereocenters. The van der Waals surface area contributed by atoms with E-state index >= 15 is 0 Å². The van der Waals surface area contributed by atoms with Crippen LogP contribution in [0.4, 0.5) is 5.69 Å². The molecule has 0 aliphatic carbocycles. The lowest BCUT2D eigenvalue weighted by molar-refractivity contribution is -0.133. The second-order valence-electron chi connectivity index (χ2n) is 5.38. The first-order chi connectivity index (χ1) is 9.54. The number of nitrogens with one attached hydrogen (secondary N) is 1. The maximum atomic E-state index is 12.2. The van der Waals surface area contributed by atoms with Crippen molar-refractivity contribution in [1.29, 1.82) is 0 Å². The number of hydrogen-bond acceptors (Lipinski definition) is 2. The van der Waals surface area contributed by atoms with Crippen molar-refractivity contribution in [1.82, 2.24) is 5.32 Å². The smallest absolute Gasteiger partial charge is 0.250 e. The maximum absolute atomic E-state index is 12.2. The van der Waals surface area contributed by atoms with Gasteiger partial charge < -0.3 is 5.32 Å². The number of aryl methyl sites for hydroxylation is 1. The van der Waals surface area contributed by atoms with Crippen molar-refractivity contribution in [2.45, 2.75) is 52.1 Å². The summed E-state index contributed by atoms with van der Waals surface area (Å²) >= 11 is 0. The third-order valence-electron chi connectivity index (χ3n) is 3.77. The Bertz CT molecular complexity index is 496. The van der Waals surface area contributed by atoms with Gasteiger partial charge in [0.05, 0.1) is 0 Å². The number of unbranched alkanes of at least 4 members (excludes halogenated alkanes) is 1. The summed E-state index contributed by atoms with van der Waals surface area (Å²) in [5.41, 5.74) is 2.06. The minimum absolute atomic E-state index is 0.0570. The number of benzene rings is 1. The second kappa shape index (κ2) is 6.07. The highest BCUT2D eigenvalue weighted by atomic mass is 16.2. The number of carbonyl (C=O) groups is 2. The number of piperazine rings is 1. The lowest BCUT2D eigenvalue weighted by Gasteiger charge is -2.36. The molecule has 0 spiro atoms. The summed E-state index contributed by atoms with van der Waals surface area (Å²) in [6.45, 7) is 5.64. The van der Waals surface area contributed by atoms with Crippen molar-refractivity contribution in [3.8, 4) is 0 Å². The average molecular weight is 274 g/mol. The van der Waals surface area contributed by atoms with Gasteiger partial charge in [-0.05, 0) is 44.4 Å². The first-order valence-electron chi connectivity index (χ1n) is 7.27. The summed E-state index contributed by atoms with van der Waals surface area (Å²) in [6.07, 6.45) is 3.39. The van der Waals surface area contributed by atoms with Crippen LogP contribution < -0.4 is 10.2 Å². The van der Waals surface area contributed by atoms with Crippen LogP contribution in [-0.2, 0) is 16.0 Å². The van der Waals surface area contributed by atoms with Gasteiger partial charge in [0.2, 0.25) is 11.8 Å². The van der Waals surface area contributed by atoms with E-state index in [2.05, 4.69) is 12.2 Å². The summed E-state index contributed by atoms with van der Waals surface area (Å²) < 4.78 is 0. The zero-order chi connectivity index (χ0) is 14.7. The highest BCUT2D eigenvalue weighted by Gasteiger charge is 2.36. The molecule has 2 rings (SSSR count). The third kappa shape index (κ3) is 2.84. The summed E-state index contributed by atoms with van der Waals surface area (Å²) in [5, 5.41) is 2.69. The zero-order valence-electron chi connectivity index (χ0n) is 12.3. The summed E-state index contributed by atoms with van der Waals surface area (Å²) in [6, 6.07) is 7.04. The fourth-order valence-corrected chi connectivity index (χ4v) is 2.47. The molecular formula is C16H22N2O2. The third-order valence-corrected chi connectivity index (χ3v) is 3.77. The van der Waals surface area contributed by atoms with E-state index in [1.807, 2.05) is 24.3 Å². The van der Waals surface area contributed by atoms with Crippen LogP contribution in [0.3, 0.4) is 0 Å². The first-order valence-corrected chi connectivity index (χ1v) is 7.27. The predicted octanol–water partition coefficient (Wildman–Crippen LogP) is 2.27. The molecule has 1 aliphatic rings. The van der Waals surface area contributed by atoms with Gasteiger partial charge in [0.1, 0.15) is 12.1 Å². The van der Waals surface area contributed by atoms with Crippen molar-refractivity contribution in [3.63, 3.8) is 0 Å². The van der Waals surface area contributed by atoms with Crippen molar-refractivity contribution >= 4 is 17.5 Å². The first kappa shape index (κ1) is 14.6. The Labute approximate surface area is 120 Å². The van der Waals surface area contributed by atoms with E-state index in [0.29, 0.717) is 0 Å². The van der Waals surface area contributed by atoms with Crippen LogP contribution in [0.15, 0.2) is 24.3 Å². The lowest BCUT2D eigenvalue weighted by atomic mass is 10.1. The van der Waals surface area contributed by atoms with Crippen LogP contribution >= 0.6 is 0 Å². The highest BCUT2D eigenvalue weighted by Crippen LogP contribution is 2.22. The molecule has 2 unspecified atom stereocenters. The van der Waals surface area contributed by atoms with Gasteiger partial charge in [-0.15, -0.1) is 0 Å². The zero-order valence-corrected chi connectivity index (χ0v) is 12.3. The van der Waals surface area contributed by atoms with Crippen LogP contribution in [0.1, 0.15) is 39.2 Å². The van der Waals surface area contributed by atoms with Gasteiger partial charge in [-0.2, -0.15) is 0 Å². The second-order valence-corrected chi connectivity index (χ2v) is 5.38. The van der Waals surface area contributed by atoms with Crippen LogP contribution in [0.2, 0.25) is 0 Å². The largest absolute Gasteiger partial charge is 0.343 e. The van der Waals surface area contributed by atoms with E-state index < -0.39 is 12.1 Å². The van der Waals surface area contributed by atoms with Crippen molar-refractivity contribution < 1.29 is 9.59 Å². The minimum atomic E-state index is -0.460. The molecule has 1 N–H and O–H groups in total. The minimum Gasteiger partial charge on any atom is -0.343 e. The van der Waals surface area contributed by atoms with E-state index in [-0.39, 0.29) is 11.8 Å². The van der Waals surface area contributed by atoms with Gasteiger partial charge in [-0.25, -0.2) is 0 Å². The normalized spacial score (nSPS) is 22.9. The molecule has 4 nitrogen and oxygen atoms in total. The Balaban J connectivity index is 2.20. The van der Waals surface area contributed by atoms with E-state index in [0.717, 1.165) is 18.5 Å². The average Bonchev–Trinajstić information content (AvgIpc) is 2.44. The molecule has 0 bridgehead atoms. The Kier molecular flexibility index (Phi) is 4.42. The number of nitrogens with zero attached hydrogens (tertiary/aromatic N) is 1. The van der Waals surface area contributed by atoms with Crippen LogP contribution in [0.25, 0.3) is 0 Å². The number of hydrogen-bond donors (Lipinski definition) is 1. The van der Waals surface area contributed by atoms with Crippen LogP contribution in [0.5, 0.6) is 0 Å². The fourth-order valence-electron chi connectivity index (χ4n) is 2.47. The monoisotopic (exact) mass is 274 g/mol. The van der Waals surface area contributed by atoms with Crippen molar-refractivity contribution in [2.75, 3.05) is 4.90 Å². The Morgan fingerprint density at radius 1 is 1.15 bits per heavy atom. The number of carbonyl (C=O) groups excluding carboxylic acids is 2. The predicted molar refractivity (Wildman–Crippen MR) is 79.6 cm³/mol. The van der Waals surface area contributed by atoms with Gasteiger partial charge >= 0.3 is 0 Å². The quantitative estimate of drug-likeness (QED) is 0.915. The topological polar surface area (TPSA) is 49.4 Å². The molecule has 1 heterocycles. The van der Waals surface area contributed by atoms with Crippen LogP contribution in [0, 0.1) is 0 Å². The highest BCUT2D eigenvalue weighted by molar-refractivity contribution is 6.07. The molecule has 0 aromatic heterocycles. The fraction of sp³-hybridized carbons (Fsp3) is 0.500. The van der Waals surface area contributed by atoms with E-state index in [1.54, 1.807) is 18.7 Å². The van der Waals surface area contributed by atoms with Gasteiger partial charge in [0, 0.05) is 5.69 Å². The molecule has 1 fully saturated rings. The molecule has 1 saturated heterocycles. The molecule has 2 amide bonds. The number of anilines is 1. The van der Waals surface area contributed by atoms with E-state index in [1.165, 1.54) is 12.0 Å². The lowest BCUT2D eigenvalue weighted by Crippen LogP contribution is -2.61. The van der Waals surface area contributed by atoms with Gasteiger partial charge in [0.25, 0.3) is 0 Å². The molecule has 0 saturated carbocycles. The molecule has 20 heavy (non-hydrogen) atoms. The molecule has 108 valence electrons. The van der Waals surface area contributed by atoms with Crippen LogP contribution in [-0.4, -0.2) is 23.9 Å². The molecule has 1 aromatic carbocycles. The number of rotatable bonds is 4. The van der Waals surface area contributed by atoms with Gasteiger partial charge in [-0.3, -0.25) is 14.5 Å². The molecule has 4 heteroatoms. The molecule has 1 aliphatic heterocycles. The van der Waals surface area contributed by atoms with E-state index in [9.17, 15) is 9.59 Å². The molecule has 0 radical (unpaired) electrons. The Hall–Kier alpha value is -1.84. The molecular weight excluding hydrogens is 252 g/mol. The Morgan fingerprint density at radius 3 is 2.40 bits per heavy atom. The summed E-state index contributed by atoms with van der Waals surface area (Å²) in [7, 11) is 0. The van der Waals surface area contributed by atoms with E-state index in [4.69, 9.17) is 0 Å². The maximum Gasteiger partial charge on any atom is 0.250 e. The van der Waals surface area contributed by atoms with Crippen molar-refractivity contribution in [3.05, 3.63) is 29.8 Å². The SMILES string of the molecule is CCCCc1ccc(N2C(=O)C(C)NC(=O)C2C)cc1. The van der Waals surface area contributed by atoms with Gasteiger partial charge in [-0.1, -0.05) is 25.5 Å².